The number of halogens is 1. The van der Waals surface area contributed by atoms with Crippen molar-refractivity contribution in [2.75, 3.05) is 11.5 Å². The van der Waals surface area contributed by atoms with Crippen molar-refractivity contribution in [1.29, 1.82) is 0 Å². The molecule has 1 aliphatic heterocycles. The molecule has 0 aliphatic carbocycles. The maximum absolute atomic E-state index is 12.4. The molecule has 1 aliphatic rings. The third-order valence-corrected chi connectivity index (χ3v) is 7.01. The Labute approximate surface area is 168 Å². The van der Waals surface area contributed by atoms with Crippen LogP contribution in [0.4, 0.5) is 0 Å². The van der Waals surface area contributed by atoms with Crippen LogP contribution in [0.5, 0.6) is 0 Å². The summed E-state index contributed by atoms with van der Waals surface area (Å²) in [4.78, 5) is 21.9. The third kappa shape index (κ3) is 4.27. The van der Waals surface area contributed by atoms with Crippen molar-refractivity contribution in [1.82, 2.24) is 14.9 Å². The lowest BCUT2D eigenvalue weighted by molar-refractivity contribution is 0.189. The molecule has 2 heterocycles. The molecule has 6 nitrogen and oxygen atoms in total. The fourth-order valence-electron chi connectivity index (χ4n) is 3.62. The van der Waals surface area contributed by atoms with Gasteiger partial charge in [0.15, 0.2) is 9.84 Å². The van der Waals surface area contributed by atoms with E-state index in [9.17, 15) is 13.2 Å². The zero-order chi connectivity index (χ0) is 19.7. The van der Waals surface area contributed by atoms with E-state index in [2.05, 4.69) is 14.9 Å². The molecule has 1 atom stereocenters. The summed E-state index contributed by atoms with van der Waals surface area (Å²) in [6, 6.07) is 14.7. The minimum Gasteiger partial charge on any atom is -0.309 e. The highest BCUT2D eigenvalue weighted by atomic mass is 35.5. The summed E-state index contributed by atoms with van der Waals surface area (Å²) in [7, 11) is -3.02. The van der Waals surface area contributed by atoms with E-state index in [1.165, 1.54) is 0 Å². The first-order chi connectivity index (χ1) is 13.4. The summed E-state index contributed by atoms with van der Waals surface area (Å²) in [6.07, 6.45) is 0.582. The van der Waals surface area contributed by atoms with Crippen LogP contribution in [0.2, 0.25) is 5.02 Å². The summed E-state index contributed by atoms with van der Waals surface area (Å²) < 4.78 is 24.0. The fraction of sp³-hybridized carbons (Fsp3) is 0.300. The molecular formula is C20H20ClN3O3S. The Balaban J connectivity index is 1.67. The normalized spacial score (nSPS) is 18.7. The Morgan fingerprint density at radius 2 is 1.93 bits per heavy atom. The zero-order valence-electron chi connectivity index (χ0n) is 15.1. The Morgan fingerprint density at radius 3 is 2.64 bits per heavy atom. The van der Waals surface area contributed by atoms with Crippen LogP contribution in [0.1, 0.15) is 17.8 Å². The summed E-state index contributed by atoms with van der Waals surface area (Å²) in [5, 5.41) is 0.991. The Hall–Kier alpha value is -2.22. The molecule has 1 N–H and O–H groups in total. The molecule has 1 unspecified atom stereocenters. The molecule has 2 aromatic carbocycles. The maximum atomic E-state index is 12.4. The molecule has 1 saturated heterocycles. The number of hydrogen-bond acceptors (Lipinski definition) is 5. The van der Waals surface area contributed by atoms with Gasteiger partial charge in [0.2, 0.25) is 0 Å². The quantitative estimate of drug-likeness (QED) is 0.690. The number of H-pyrrole nitrogens is 1. The highest BCUT2D eigenvalue weighted by molar-refractivity contribution is 7.91. The number of rotatable bonds is 5. The second-order valence-corrected chi connectivity index (χ2v) is 9.79. The van der Waals surface area contributed by atoms with Gasteiger partial charge in [0.05, 0.1) is 29.0 Å². The van der Waals surface area contributed by atoms with Gasteiger partial charge in [-0.1, -0.05) is 41.9 Å². The van der Waals surface area contributed by atoms with Crippen LogP contribution in [0.3, 0.4) is 0 Å². The Kier molecular flexibility index (Phi) is 5.23. The molecule has 0 spiro atoms. The van der Waals surface area contributed by atoms with Crippen LogP contribution in [-0.4, -0.2) is 40.8 Å². The molecule has 0 amide bonds. The molecule has 28 heavy (non-hydrogen) atoms. The summed E-state index contributed by atoms with van der Waals surface area (Å²) >= 11 is 6.04. The molecule has 0 radical (unpaired) electrons. The molecular weight excluding hydrogens is 398 g/mol. The highest BCUT2D eigenvalue weighted by Crippen LogP contribution is 2.22. The van der Waals surface area contributed by atoms with E-state index >= 15 is 0 Å². The molecule has 3 aromatic rings. The van der Waals surface area contributed by atoms with E-state index in [4.69, 9.17) is 11.6 Å². The SMILES string of the molecule is O=c1[nH]c(CN(Cc2ccccc2)C2CCS(=O)(=O)C2)nc2cc(Cl)ccc12. The summed E-state index contributed by atoms with van der Waals surface area (Å²) in [6.45, 7) is 0.936. The van der Waals surface area contributed by atoms with Crippen LogP contribution in [0, 0.1) is 0 Å². The second-order valence-electron chi connectivity index (χ2n) is 7.12. The van der Waals surface area contributed by atoms with Crippen LogP contribution < -0.4 is 5.56 Å². The standard InChI is InChI=1S/C20H20ClN3O3S/c21-15-6-7-17-18(10-15)22-19(23-20(17)25)12-24(11-14-4-2-1-3-5-14)16-8-9-28(26,27)13-16/h1-7,10,16H,8-9,11-13H2,(H,22,23,25). The van der Waals surface area contributed by atoms with Crippen molar-refractivity contribution in [3.8, 4) is 0 Å². The molecule has 4 rings (SSSR count). The molecule has 146 valence electrons. The molecule has 1 fully saturated rings. The number of benzene rings is 2. The average Bonchev–Trinajstić information content (AvgIpc) is 3.01. The number of fused-ring (bicyclic) bond motifs is 1. The molecule has 1 aromatic heterocycles. The number of aromatic nitrogens is 2. The average molecular weight is 418 g/mol. The Morgan fingerprint density at radius 1 is 1.14 bits per heavy atom. The van der Waals surface area contributed by atoms with E-state index in [0.717, 1.165) is 5.56 Å². The lowest BCUT2D eigenvalue weighted by Crippen LogP contribution is -2.36. The first-order valence-corrected chi connectivity index (χ1v) is 11.3. The van der Waals surface area contributed by atoms with Crippen molar-refractivity contribution < 1.29 is 8.42 Å². The largest absolute Gasteiger partial charge is 0.309 e. The van der Waals surface area contributed by atoms with Crippen LogP contribution in [0.25, 0.3) is 10.9 Å². The van der Waals surface area contributed by atoms with Gasteiger partial charge in [0.1, 0.15) is 5.82 Å². The lowest BCUT2D eigenvalue weighted by Gasteiger charge is -2.27. The van der Waals surface area contributed by atoms with Crippen molar-refractivity contribution in [2.45, 2.75) is 25.6 Å². The van der Waals surface area contributed by atoms with E-state index in [-0.39, 0.29) is 23.1 Å². The van der Waals surface area contributed by atoms with Gasteiger partial charge >= 0.3 is 0 Å². The number of nitrogens with zero attached hydrogens (tertiary/aromatic N) is 2. The summed E-state index contributed by atoms with van der Waals surface area (Å²) in [5.41, 5.74) is 1.39. The van der Waals surface area contributed by atoms with Crippen LogP contribution in [0.15, 0.2) is 53.3 Å². The van der Waals surface area contributed by atoms with Gasteiger partial charge in [-0.3, -0.25) is 9.69 Å². The minimum absolute atomic E-state index is 0.106. The lowest BCUT2D eigenvalue weighted by atomic mass is 10.1. The van der Waals surface area contributed by atoms with Gasteiger partial charge in [-0.05, 0) is 30.2 Å². The van der Waals surface area contributed by atoms with E-state index in [1.807, 2.05) is 30.3 Å². The number of hydrogen-bond donors (Lipinski definition) is 1. The third-order valence-electron chi connectivity index (χ3n) is 5.02. The highest BCUT2D eigenvalue weighted by Gasteiger charge is 2.32. The van der Waals surface area contributed by atoms with Gasteiger partial charge < -0.3 is 4.98 Å². The fourth-order valence-corrected chi connectivity index (χ4v) is 5.55. The first kappa shape index (κ1) is 19.1. The summed E-state index contributed by atoms with van der Waals surface area (Å²) in [5.74, 6) is 0.823. The predicted octanol–water partition coefficient (Wildman–Crippen LogP) is 2.77. The zero-order valence-corrected chi connectivity index (χ0v) is 16.7. The van der Waals surface area contributed by atoms with Gasteiger partial charge in [0.25, 0.3) is 5.56 Å². The van der Waals surface area contributed by atoms with Crippen LogP contribution >= 0.6 is 11.6 Å². The Bertz CT molecular complexity index is 1160. The van der Waals surface area contributed by atoms with Gasteiger partial charge in [-0.15, -0.1) is 0 Å². The van der Waals surface area contributed by atoms with Crippen LogP contribution in [-0.2, 0) is 22.9 Å². The van der Waals surface area contributed by atoms with E-state index < -0.39 is 9.84 Å². The predicted molar refractivity (Wildman–Crippen MR) is 110 cm³/mol. The number of nitrogens with one attached hydrogen (secondary N) is 1. The van der Waals surface area contributed by atoms with E-state index in [0.29, 0.717) is 41.3 Å². The smallest absolute Gasteiger partial charge is 0.258 e. The monoisotopic (exact) mass is 417 g/mol. The molecule has 0 bridgehead atoms. The van der Waals surface area contributed by atoms with Crippen molar-refractivity contribution >= 4 is 32.3 Å². The van der Waals surface area contributed by atoms with Crippen molar-refractivity contribution in [3.63, 3.8) is 0 Å². The number of aromatic amines is 1. The number of sulfone groups is 1. The van der Waals surface area contributed by atoms with E-state index in [1.54, 1.807) is 18.2 Å². The molecule has 0 saturated carbocycles. The maximum Gasteiger partial charge on any atom is 0.258 e. The molecule has 8 heteroatoms. The van der Waals surface area contributed by atoms with Gasteiger partial charge in [-0.2, -0.15) is 0 Å². The van der Waals surface area contributed by atoms with Crippen molar-refractivity contribution in [3.05, 3.63) is 75.3 Å². The van der Waals surface area contributed by atoms with Crippen molar-refractivity contribution in [2.24, 2.45) is 0 Å². The first-order valence-electron chi connectivity index (χ1n) is 9.06. The van der Waals surface area contributed by atoms with Gasteiger partial charge in [0, 0.05) is 17.6 Å². The van der Waals surface area contributed by atoms with Gasteiger partial charge in [-0.25, -0.2) is 13.4 Å². The minimum atomic E-state index is -3.02. The second kappa shape index (κ2) is 7.66. The topological polar surface area (TPSA) is 83.1 Å².